The van der Waals surface area contributed by atoms with E-state index in [-0.39, 0.29) is 11.6 Å². The van der Waals surface area contributed by atoms with Crippen LogP contribution in [0.25, 0.3) is 0 Å². The van der Waals surface area contributed by atoms with Crippen LogP contribution in [0, 0.1) is 0 Å². The molecule has 1 saturated carbocycles. The molecule has 108 valence electrons. The van der Waals surface area contributed by atoms with Crippen LogP contribution in [0.2, 0.25) is 10.0 Å². The summed E-state index contributed by atoms with van der Waals surface area (Å²) in [4.78, 5) is 12.1. The Labute approximate surface area is 133 Å². The smallest absolute Gasteiger partial charge is 0.319 e. The van der Waals surface area contributed by atoms with E-state index in [2.05, 4.69) is 10.6 Å². The van der Waals surface area contributed by atoms with Gasteiger partial charge in [-0.25, -0.2) is 4.79 Å². The van der Waals surface area contributed by atoms with E-state index in [1.165, 1.54) is 0 Å². The number of anilines is 1. The lowest BCUT2D eigenvalue weighted by molar-refractivity contribution is 0.247. The van der Waals surface area contributed by atoms with Gasteiger partial charge < -0.3 is 10.6 Å². The van der Waals surface area contributed by atoms with Gasteiger partial charge in [0.05, 0.1) is 15.6 Å². The molecule has 2 N–H and O–H groups in total. The zero-order valence-electron chi connectivity index (χ0n) is 11.2. The van der Waals surface area contributed by atoms with Gasteiger partial charge >= 0.3 is 6.03 Å². The van der Waals surface area contributed by atoms with Crippen molar-refractivity contribution < 1.29 is 4.79 Å². The molecule has 0 unspecified atom stereocenters. The molecule has 0 atom stereocenters. The highest BCUT2D eigenvalue weighted by atomic mass is 35.5. The fourth-order valence-corrected chi connectivity index (χ4v) is 2.62. The highest BCUT2D eigenvalue weighted by Gasteiger charge is 2.45. The van der Waals surface area contributed by atoms with E-state index in [9.17, 15) is 4.79 Å². The van der Waals surface area contributed by atoms with Crippen molar-refractivity contribution in [1.82, 2.24) is 5.32 Å². The molecule has 5 heteroatoms. The summed E-state index contributed by atoms with van der Waals surface area (Å²) in [6.07, 6.45) is 1.90. The van der Waals surface area contributed by atoms with Crippen LogP contribution < -0.4 is 10.6 Å². The van der Waals surface area contributed by atoms with Gasteiger partial charge in [0, 0.05) is 5.69 Å². The number of benzene rings is 2. The zero-order valence-corrected chi connectivity index (χ0v) is 12.7. The van der Waals surface area contributed by atoms with Gasteiger partial charge in [0.2, 0.25) is 0 Å². The van der Waals surface area contributed by atoms with E-state index < -0.39 is 0 Å². The minimum atomic E-state index is -0.241. The van der Waals surface area contributed by atoms with Gasteiger partial charge in [0.15, 0.2) is 0 Å². The molecule has 2 aromatic carbocycles. The largest absolute Gasteiger partial charge is 0.328 e. The number of amides is 2. The van der Waals surface area contributed by atoms with E-state index in [1.54, 1.807) is 18.2 Å². The molecule has 0 spiro atoms. The lowest BCUT2D eigenvalue weighted by atomic mass is 10.1. The molecular weight excluding hydrogens is 307 g/mol. The SMILES string of the molecule is O=C(Nc1ccc(Cl)c(Cl)c1)NC1(c2ccccc2)CC1. The molecule has 0 radical (unpaired) electrons. The molecule has 1 aliphatic rings. The van der Waals surface area contributed by atoms with E-state index >= 15 is 0 Å². The van der Waals surface area contributed by atoms with Crippen molar-refractivity contribution in [1.29, 1.82) is 0 Å². The summed E-state index contributed by atoms with van der Waals surface area (Å²) in [5.74, 6) is 0. The third-order valence-corrected chi connectivity index (χ3v) is 4.35. The molecule has 3 rings (SSSR count). The first-order chi connectivity index (χ1) is 10.1. The van der Waals surface area contributed by atoms with Crippen molar-refractivity contribution >= 4 is 34.9 Å². The summed E-state index contributed by atoms with van der Waals surface area (Å²) in [7, 11) is 0. The standard InChI is InChI=1S/C16H14Cl2N2O/c17-13-7-6-12(10-14(13)18)19-15(21)20-16(8-9-16)11-4-2-1-3-5-11/h1-7,10H,8-9H2,(H2,19,20,21). The van der Waals surface area contributed by atoms with Crippen LogP contribution in [-0.2, 0) is 5.54 Å². The normalized spacial score (nSPS) is 15.3. The summed E-state index contributed by atoms with van der Waals surface area (Å²) >= 11 is 11.8. The minimum Gasteiger partial charge on any atom is -0.328 e. The van der Waals surface area contributed by atoms with E-state index in [1.807, 2.05) is 30.3 Å². The highest BCUT2D eigenvalue weighted by molar-refractivity contribution is 6.42. The highest BCUT2D eigenvalue weighted by Crippen LogP contribution is 2.45. The monoisotopic (exact) mass is 320 g/mol. The maximum atomic E-state index is 12.1. The summed E-state index contributed by atoms with van der Waals surface area (Å²) in [6.45, 7) is 0. The lowest BCUT2D eigenvalue weighted by Gasteiger charge is -2.18. The molecule has 0 bridgehead atoms. The molecule has 3 nitrogen and oxygen atoms in total. The number of rotatable bonds is 3. The Morgan fingerprint density at radius 3 is 2.33 bits per heavy atom. The van der Waals surface area contributed by atoms with Crippen LogP contribution in [0.4, 0.5) is 10.5 Å². The number of carbonyl (C=O) groups is 1. The van der Waals surface area contributed by atoms with Gasteiger partial charge in [0.1, 0.15) is 0 Å². The fraction of sp³-hybridized carbons (Fsp3) is 0.188. The minimum absolute atomic E-state index is 0.235. The first-order valence-corrected chi connectivity index (χ1v) is 7.44. The molecule has 2 aromatic rings. The summed E-state index contributed by atoms with van der Waals surface area (Å²) in [6, 6.07) is 14.8. The Balaban J connectivity index is 1.68. The average Bonchev–Trinajstić information content (AvgIpc) is 3.25. The van der Waals surface area contributed by atoms with Crippen LogP contribution in [-0.4, -0.2) is 6.03 Å². The maximum Gasteiger partial charge on any atom is 0.319 e. The third kappa shape index (κ3) is 3.14. The zero-order chi connectivity index (χ0) is 14.9. The molecule has 1 fully saturated rings. The fourth-order valence-electron chi connectivity index (χ4n) is 2.32. The van der Waals surface area contributed by atoms with Crippen molar-refractivity contribution in [3.8, 4) is 0 Å². The van der Waals surface area contributed by atoms with Gasteiger partial charge in [-0.3, -0.25) is 0 Å². The third-order valence-electron chi connectivity index (χ3n) is 3.61. The molecule has 0 aromatic heterocycles. The van der Waals surface area contributed by atoms with Crippen LogP contribution in [0.1, 0.15) is 18.4 Å². The van der Waals surface area contributed by atoms with Crippen molar-refractivity contribution in [3.63, 3.8) is 0 Å². The number of nitrogens with one attached hydrogen (secondary N) is 2. The molecule has 0 heterocycles. The average molecular weight is 321 g/mol. The summed E-state index contributed by atoms with van der Waals surface area (Å²) in [5.41, 5.74) is 1.52. The number of carbonyl (C=O) groups excluding carboxylic acids is 1. The number of halogens is 2. The second-order valence-corrected chi connectivity index (χ2v) is 5.97. The van der Waals surface area contributed by atoms with Crippen molar-refractivity contribution in [2.24, 2.45) is 0 Å². The Morgan fingerprint density at radius 2 is 1.71 bits per heavy atom. The van der Waals surface area contributed by atoms with E-state index in [4.69, 9.17) is 23.2 Å². The van der Waals surface area contributed by atoms with Crippen LogP contribution in [0.15, 0.2) is 48.5 Å². The second-order valence-electron chi connectivity index (χ2n) is 5.16. The number of urea groups is 1. The molecule has 1 aliphatic carbocycles. The van der Waals surface area contributed by atoms with Gasteiger partial charge in [-0.1, -0.05) is 53.5 Å². The van der Waals surface area contributed by atoms with Crippen molar-refractivity contribution in [2.45, 2.75) is 18.4 Å². The Kier molecular flexibility index (Phi) is 3.79. The first-order valence-electron chi connectivity index (χ1n) is 6.69. The Morgan fingerprint density at radius 1 is 1.00 bits per heavy atom. The van der Waals surface area contributed by atoms with E-state index in [0.29, 0.717) is 15.7 Å². The van der Waals surface area contributed by atoms with Crippen LogP contribution >= 0.6 is 23.2 Å². The topological polar surface area (TPSA) is 41.1 Å². The molecule has 21 heavy (non-hydrogen) atoms. The number of hydrogen-bond acceptors (Lipinski definition) is 1. The summed E-state index contributed by atoms with van der Waals surface area (Å²) < 4.78 is 0. The van der Waals surface area contributed by atoms with Gasteiger partial charge in [0.25, 0.3) is 0 Å². The molecule has 0 aliphatic heterocycles. The Bertz CT molecular complexity index is 669. The van der Waals surface area contributed by atoms with Crippen LogP contribution in [0.3, 0.4) is 0 Å². The van der Waals surface area contributed by atoms with Gasteiger partial charge in [-0.05, 0) is 36.6 Å². The second kappa shape index (κ2) is 5.58. The molecule has 2 amide bonds. The Hall–Kier alpha value is -1.71. The maximum absolute atomic E-state index is 12.1. The summed E-state index contributed by atoms with van der Waals surface area (Å²) in [5, 5.41) is 6.70. The molecular formula is C16H14Cl2N2O. The quantitative estimate of drug-likeness (QED) is 0.837. The van der Waals surface area contributed by atoms with Crippen LogP contribution in [0.5, 0.6) is 0 Å². The predicted octanol–water partition coefficient (Wildman–Crippen LogP) is 4.80. The lowest BCUT2D eigenvalue weighted by Crippen LogP contribution is -2.38. The first kappa shape index (κ1) is 14.2. The van der Waals surface area contributed by atoms with E-state index in [0.717, 1.165) is 18.4 Å². The van der Waals surface area contributed by atoms with Crippen molar-refractivity contribution in [3.05, 3.63) is 64.1 Å². The van der Waals surface area contributed by atoms with Crippen molar-refractivity contribution in [2.75, 3.05) is 5.32 Å². The van der Waals surface area contributed by atoms with Gasteiger partial charge in [-0.15, -0.1) is 0 Å². The van der Waals surface area contributed by atoms with Gasteiger partial charge in [-0.2, -0.15) is 0 Å². The molecule has 0 saturated heterocycles. The number of hydrogen-bond donors (Lipinski definition) is 2. The predicted molar refractivity (Wildman–Crippen MR) is 86.0 cm³/mol.